The Balaban J connectivity index is 1.54. The number of hydrogen-bond donors (Lipinski definition) is 1. The van der Waals surface area contributed by atoms with Crippen LogP contribution < -0.4 is 5.32 Å². The molecule has 1 unspecified atom stereocenters. The van der Waals surface area contributed by atoms with Crippen molar-refractivity contribution in [2.75, 3.05) is 12.3 Å². The van der Waals surface area contributed by atoms with Gasteiger partial charge in [0.2, 0.25) is 0 Å². The van der Waals surface area contributed by atoms with Gasteiger partial charge in [-0.2, -0.15) is 0 Å². The lowest BCUT2D eigenvalue weighted by Crippen LogP contribution is -2.42. The van der Waals surface area contributed by atoms with E-state index >= 15 is 0 Å². The topological polar surface area (TPSA) is 78.8 Å². The molecule has 0 saturated carbocycles. The van der Waals surface area contributed by atoms with Crippen LogP contribution in [0.15, 0.2) is 46.5 Å². The number of amidine groups is 1. The summed E-state index contributed by atoms with van der Waals surface area (Å²) in [5.74, 6) is -0.148. The highest BCUT2D eigenvalue weighted by molar-refractivity contribution is 7.90. The zero-order valence-corrected chi connectivity index (χ0v) is 16.1. The van der Waals surface area contributed by atoms with Crippen LogP contribution >= 0.6 is 0 Å². The molecule has 1 N–H and O–H groups in total. The van der Waals surface area contributed by atoms with Gasteiger partial charge in [0.15, 0.2) is 5.84 Å². The predicted octanol–water partition coefficient (Wildman–Crippen LogP) is 2.24. The fourth-order valence-corrected chi connectivity index (χ4v) is 4.76. The molecule has 7 heteroatoms. The highest BCUT2D eigenvalue weighted by Gasteiger charge is 2.30. The van der Waals surface area contributed by atoms with Gasteiger partial charge in [0.05, 0.1) is 17.4 Å². The van der Waals surface area contributed by atoms with Crippen molar-refractivity contribution < 1.29 is 13.2 Å². The van der Waals surface area contributed by atoms with Crippen LogP contribution in [0.4, 0.5) is 0 Å². The molecule has 0 bridgehead atoms. The summed E-state index contributed by atoms with van der Waals surface area (Å²) in [6, 6.07) is 6.24. The van der Waals surface area contributed by atoms with Gasteiger partial charge in [-0.1, -0.05) is 18.2 Å². The lowest BCUT2D eigenvalue weighted by atomic mass is 9.89. The molecule has 6 nitrogen and oxygen atoms in total. The van der Waals surface area contributed by atoms with E-state index in [-0.39, 0.29) is 29.1 Å². The maximum Gasteiger partial charge on any atom is 0.256 e. The van der Waals surface area contributed by atoms with E-state index in [1.54, 1.807) is 23.3 Å². The van der Waals surface area contributed by atoms with Crippen molar-refractivity contribution in [2.45, 2.75) is 38.6 Å². The van der Waals surface area contributed by atoms with Gasteiger partial charge in [-0.05, 0) is 61.4 Å². The first-order valence-electron chi connectivity index (χ1n) is 9.34. The maximum atomic E-state index is 12.8. The lowest BCUT2D eigenvalue weighted by molar-refractivity contribution is -0.117. The van der Waals surface area contributed by atoms with Crippen molar-refractivity contribution >= 4 is 21.8 Å². The summed E-state index contributed by atoms with van der Waals surface area (Å²) in [6.07, 6.45) is 9.77. The summed E-state index contributed by atoms with van der Waals surface area (Å²) in [4.78, 5) is 14.5. The number of allylic oxidation sites excluding steroid dienone is 2. The minimum absolute atomic E-state index is 0.0404. The van der Waals surface area contributed by atoms with Gasteiger partial charge in [-0.3, -0.25) is 4.79 Å². The van der Waals surface area contributed by atoms with Crippen molar-refractivity contribution in [1.82, 2.24) is 10.2 Å². The second-order valence-electron chi connectivity index (χ2n) is 7.25. The molecule has 142 valence electrons. The average Bonchev–Trinajstić information content (AvgIpc) is 2.66. The molecule has 2 aliphatic heterocycles. The number of rotatable bonds is 3. The van der Waals surface area contributed by atoms with Crippen molar-refractivity contribution in [3.8, 4) is 0 Å². The van der Waals surface area contributed by atoms with Crippen LogP contribution in [0.3, 0.4) is 0 Å². The van der Waals surface area contributed by atoms with E-state index < -0.39 is 10.0 Å². The third kappa shape index (κ3) is 3.69. The maximum absolute atomic E-state index is 12.8. The minimum Gasteiger partial charge on any atom is -0.345 e. The summed E-state index contributed by atoms with van der Waals surface area (Å²) in [6.45, 7) is 2.25. The highest BCUT2D eigenvalue weighted by Crippen LogP contribution is 2.25. The van der Waals surface area contributed by atoms with E-state index in [0.29, 0.717) is 6.54 Å². The Morgan fingerprint density at radius 1 is 1.22 bits per heavy atom. The van der Waals surface area contributed by atoms with Gasteiger partial charge >= 0.3 is 0 Å². The van der Waals surface area contributed by atoms with Gasteiger partial charge in [0.1, 0.15) is 0 Å². The molecule has 27 heavy (non-hydrogen) atoms. The molecule has 3 aliphatic rings. The van der Waals surface area contributed by atoms with Crippen molar-refractivity contribution in [3.63, 3.8) is 0 Å². The second-order valence-corrected chi connectivity index (χ2v) is 9.00. The van der Waals surface area contributed by atoms with Crippen molar-refractivity contribution in [1.29, 1.82) is 0 Å². The molecule has 0 saturated heterocycles. The molecule has 0 spiro atoms. The molecule has 1 aliphatic carbocycles. The molecule has 1 atom stereocenters. The zero-order chi connectivity index (χ0) is 19.0. The Morgan fingerprint density at radius 3 is 2.81 bits per heavy atom. The first kappa shape index (κ1) is 18.0. The summed E-state index contributed by atoms with van der Waals surface area (Å²) >= 11 is 0. The van der Waals surface area contributed by atoms with Crippen LogP contribution in [0.25, 0.3) is 0 Å². The Hall–Kier alpha value is -2.41. The fourth-order valence-electron chi connectivity index (χ4n) is 3.77. The summed E-state index contributed by atoms with van der Waals surface area (Å²) in [5.41, 5.74) is 4.12. The summed E-state index contributed by atoms with van der Waals surface area (Å²) < 4.78 is 27.5. The highest BCUT2D eigenvalue weighted by atomic mass is 32.2. The van der Waals surface area contributed by atoms with Gasteiger partial charge < -0.3 is 10.2 Å². The molecule has 0 radical (unpaired) electrons. The number of benzene rings is 1. The van der Waals surface area contributed by atoms with Crippen LogP contribution in [0.1, 0.15) is 42.5 Å². The second kappa shape index (κ2) is 6.96. The third-order valence-electron chi connectivity index (χ3n) is 5.32. The number of hydrogen-bond acceptors (Lipinski definition) is 4. The Bertz CT molecular complexity index is 976. The minimum atomic E-state index is -3.52. The van der Waals surface area contributed by atoms with Crippen LogP contribution in [0.2, 0.25) is 0 Å². The quantitative estimate of drug-likeness (QED) is 0.865. The van der Waals surface area contributed by atoms with E-state index in [2.05, 4.69) is 27.9 Å². The number of nitrogens with zero attached hydrogens (tertiary/aromatic N) is 2. The van der Waals surface area contributed by atoms with E-state index in [0.717, 1.165) is 18.4 Å². The number of carbonyl (C=O) groups excluding carboxylic acids is 1. The van der Waals surface area contributed by atoms with Crippen LogP contribution in [-0.4, -0.2) is 37.4 Å². The number of sulfonamides is 1. The number of fused-ring (bicyclic) bond motifs is 2. The first-order valence-corrected chi connectivity index (χ1v) is 10.9. The SMILES string of the molecule is CC(NC(=O)C1=CC=CN2CCS(=O)(=O)N=C12)c1ccc2c(c1)CCCC2. The molecule has 1 amide bonds. The molecule has 0 aromatic heterocycles. The van der Waals surface area contributed by atoms with Gasteiger partial charge in [0.25, 0.3) is 15.9 Å². The Morgan fingerprint density at radius 2 is 2.00 bits per heavy atom. The molecular formula is C20H23N3O3S. The predicted molar refractivity (Wildman–Crippen MR) is 105 cm³/mol. The number of aryl methyl sites for hydroxylation is 2. The molecule has 1 aromatic carbocycles. The Labute approximate surface area is 159 Å². The van der Waals surface area contributed by atoms with Crippen molar-refractivity contribution in [3.05, 3.63) is 58.8 Å². The number of nitrogens with one attached hydrogen (secondary N) is 1. The number of carbonyl (C=O) groups is 1. The monoisotopic (exact) mass is 385 g/mol. The average molecular weight is 385 g/mol. The lowest BCUT2D eigenvalue weighted by Gasteiger charge is -2.29. The molecule has 1 aromatic rings. The van der Waals surface area contributed by atoms with E-state index in [4.69, 9.17) is 0 Å². The van der Waals surface area contributed by atoms with Crippen molar-refractivity contribution in [2.24, 2.45) is 4.40 Å². The normalized spacial score (nSPS) is 21.4. The summed E-state index contributed by atoms with van der Waals surface area (Å²) in [5, 5.41) is 2.99. The van der Waals surface area contributed by atoms with Gasteiger partial charge in [0, 0.05) is 12.7 Å². The zero-order valence-electron chi connectivity index (χ0n) is 15.3. The smallest absolute Gasteiger partial charge is 0.256 e. The molecule has 4 rings (SSSR count). The van der Waals surface area contributed by atoms with E-state index in [9.17, 15) is 13.2 Å². The molecule has 2 heterocycles. The standard InChI is InChI=1S/C20H23N3O3S/c1-14(16-9-8-15-5-2-3-6-17(15)13-16)21-20(24)18-7-4-10-23-11-12-27(25,26)22-19(18)23/h4,7-10,13-14H,2-3,5-6,11-12H2,1H3,(H,21,24). The van der Waals surface area contributed by atoms with Gasteiger partial charge in [-0.25, -0.2) is 8.42 Å². The van der Waals surface area contributed by atoms with E-state index in [1.807, 2.05) is 6.92 Å². The molecular weight excluding hydrogens is 362 g/mol. The first-order chi connectivity index (χ1) is 12.9. The van der Waals surface area contributed by atoms with Crippen LogP contribution in [0.5, 0.6) is 0 Å². The van der Waals surface area contributed by atoms with Gasteiger partial charge in [-0.15, -0.1) is 4.40 Å². The van der Waals surface area contributed by atoms with E-state index in [1.165, 1.54) is 24.0 Å². The van der Waals surface area contributed by atoms with Crippen LogP contribution in [0, 0.1) is 0 Å². The fraction of sp³-hybridized carbons (Fsp3) is 0.400. The Kier molecular flexibility index (Phi) is 4.63. The summed E-state index contributed by atoms with van der Waals surface area (Å²) in [7, 11) is -3.52. The molecule has 0 fully saturated rings. The number of amides is 1. The third-order valence-corrected chi connectivity index (χ3v) is 6.47. The largest absolute Gasteiger partial charge is 0.345 e. The van der Waals surface area contributed by atoms with Crippen LogP contribution in [-0.2, 0) is 27.7 Å².